The van der Waals surface area contributed by atoms with Gasteiger partial charge in [0.2, 0.25) is 0 Å². The molecule has 0 aliphatic rings. The first-order chi connectivity index (χ1) is 5.83. The van der Waals surface area contributed by atoms with Crippen LogP contribution in [0.3, 0.4) is 0 Å². The maximum Gasteiger partial charge on any atom is 0.0348 e. The van der Waals surface area contributed by atoms with Gasteiger partial charge in [-0.2, -0.15) is 12.6 Å². The summed E-state index contributed by atoms with van der Waals surface area (Å²) < 4.78 is 1.37. The predicted octanol–water partition coefficient (Wildman–Crippen LogP) is 3.64. The summed E-state index contributed by atoms with van der Waals surface area (Å²) in [5, 5.41) is 1.37. The van der Waals surface area contributed by atoms with Crippen molar-refractivity contribution in [2.24, 2.45) is 0 Å². The highest BCUT2D eigenvalue weighted by atomic mass is 32.1. The molecule has 0 fully saturated rings. The smallest absolute Gasteiger partial charge is 0.0348 e. The number of thiophene rings is 1. The lowest BCUT2D eigenvalue weighted by molar-refractivity contribution is 1.43. The van der Waals surface area contributed by atoms with Crippen LogP contribution in [0.1, 0.15) is 10.4 Å². The number of fused-ring (bicyclic) bond motifs is 1. The van der Waals surface area contributed by atoms with E-state index in [-0.39, 0.29) is 0 Å². The Hall–Kier alpha value is -0.470. The van der Waals surface area contributed by atoms with Crippen LogP contribution in [0.15, 0.2) is 24.3 Å². The van der Waals surface area contributed by atoms with Crippen LogP contribution in [0, 0.1) is 6.92 Å². The van der Waals surface area contributed by atoms with Crippen molar-refractivity contribution in [2.45, 2.75) is 12.7 Å². The normalized spacial score (nSPS) is 10.8. The Morgan fingerprint density at radius 1 is 1.33 bits per heavy atom. The molecule has 0 atom stereocenters. The summed E-state index contributed by atoms with van der Waals surface area (Å²) in [5.41, 5.74) is 1.39. The van der Waals surface area contributed by atoms with E-state index in [9.17, 15) is 0 Å². The molecule has 0 unspecified atom stereocenters. The van der Waals surface area contributed by atoms with Crippen molar-refractivity contribution in [1.82, 2.24) is 0 Å². The summed E-state index contributed by atoms with van der Waals surface area (Å²) in [6, 6.07) is 8.51. The third-order valence-corrected chi connectivity index (χ3v) is 3.50. The minimum absolute atomic E-state index is 0.843. The monoisotopic (exact) mass is 194 g/mol. The molecule has 1 heterocycles. The zero-order valence-electron chi connectivity index (χ0n) is 6.87. The molecule has 0 radical (unpaired) electrons. The Morgan fingerprint density at radius 3 is 2.83 bits per heavy atom. The lowest BCUT2D eigenvalue weighted by Gasteiger charge is -1.93. The van der Waals surface area contributed by atoms with Gasteiger partial charge in [-0.15, -0.1) is 11.3 Å². The third kappa shape index (κ3) is 1.15. The highest BCUT2D eigenvalue weighted by Gasteiger charge is 2.05. The van der Waals surface area contributed by atoms with Gasteiger partial charge in [0, 0.05) is 15.3 Å². The van der Waals surface area contributed by atoms with Crippen molar-refractivity contribution < 1.29 is 0 Å². The van der Waals surface area contributed by atoms with Gasteiger partial charge in [-0.1, -0.05) is 18.2 Å². The third-order valence-electron chi connectivity index (χ3n) is 2.06. The molecule has 0 aliphatic heterocycles. The average Bonchev–Trinajstić information content (AvgIpc) is 2.40. The molecule has 0 nitrogen and oxygen atoms in total. The van der Waals surface area contributed by atoms with Gasteiger partial charge in [-0.25, -0.2) is 0 Å². The van der Waals surface area contributed by atoms with Gasteiger partial charge in [0.05, 0.1) is 0 Å². The minimum atomic E-state index is 0.843. The summed E-state index contributed by atoms with van der Waals surface area (Å²) in [6.45, 7) is 2.16. The molecular formula is C10H10S2. The van der Waals surface area contributed by atoms with Crippen molar-refractivity contribution in [3.63, 3.8) is 0 Å². The standard InChI is InChI=1S/C10H10S2/c1-7-9(6-11)8-4-2-3-5-10(8)12-7/h2-5,11H,6H2,1H3. The van der Waals surface area contributed by atoms with Crippen molar-refractivity contribution >= 4 is 34.1 Å². The molecule has 62 valence electrons. The zero-order valence-corrected chi connectivity index (χ0v) is 8.58. The van der Waals surface area contributed by atoms with E-state index in [1.807, 2.05) is 11.3 Å². The van der Waals surface area contributed by atoms with Crippen LogP contribution in [-0.2, 0) is 5.75 Å². The van der Waals surface area contributed by atoms with E-state index in [1.54, 1.807) is 0 Å². The fraction of sp³-hybridized carbons (Fsp3) is 0.200. The maximum atomic E-state index is 4.33. The number of rotatable bonds is 1. The lowest BCUT2D eigenvalue weighted by Crippen LogP contribution is -1.75. The number of hydrogen-bond donors (Lipinski definition) is 1. The van der Waals surface area contributed by atoms with E-state index in [2.05, 4.69) is 43.8 Å². The van der Waals surface area contributed by atoms with E-state index in [0.29, 0.717) is 0 Å². The quantitative estimate of drug-likeness (QED) is 0.658. The first kappa shape index (κ1) is 8.14. The maximum absolute atomic E-state index is 4.33. The molecule has 1 aromatic carbocycles. The van der Waals surface area contributed by atoms with Crippen LogP contribution in [-0.4, -0.2) is 0 Å². The van der Waals surface area contributed by atoms with Crippen LogP contribution in [0.25, 0.3) is 10.1 Å². The fourth-order valence-corrected chi connectivity index (χ4v) is 3.02. The lowest BCUT2D eigenvalue weighted by atomic mass is 10.1. The molecule has 0 aliphatic carbocycles. The van der Waals surface area contributed by atoms with Gasteiger partial charge in [-0.05, 0) is 23.9 Å². The summed E-state index contributed by atoms with van der Waals surface area (Å²) in [6.07, 6.45) is 0. The predicted molar refractivity (Wildman–Crippen MR) is 59.3 cm³/mol. The van der Waals surface area contributed by atoms with Crippen LogP contribution in [0.2, 0.25) is 0 Å². The van der Waals surface area contributed by atoms with Gasteiger partial charge in [0.1, 0.15) is 0 Å². The summed E-state index contributed by atoms with van der Waals surface area (Å²) in [7, 11) is 0. The van der Waals surface area contributed by atoms with Crippen LogP contribution in [0.4, 0.5) is 0 Å². The minimum Gasteiger partial charge on any atom is -0.174 e. The average molecular weight is 194 g/mol. The molecule has 0 amide bonds. The molecule has 2 rings (SSSR count). The first-order valence-electron chi connectivity index (χ1n) is 3.91. The van der Waals surface area contributed by atoms with Crippen LogP contribution in [0.5, 0.6) is 0 Å². The van der Waals surface area contributed by atoms with Crippen molar-refractivity contribution in [3.05, 3.63) is 34.7 Å². The molecule has 0 spiro atoms. The number of aryl methyl sites for hydroxylation is 1. The molecule has 12 heavy (non-hydrogen) atoms. The van der Waals surface area contributed by atoms with Gasteiger partial charge in [0.25, 0.3) is 0 Å². The Balaban J connectivity index is 2.81. The second-order valence-electron chi connectivity index (χ2n) is 2.79. The molecular weight excluding hydrogens is 184 g/mol. The first-order valence-corrected chi connectivity index (χ1v) is 5.35. The Labute approximate surface area is 81.6 Å². The number of benzene rings is 1. The molecule has 0 saturated heterocycles. The molecule has 2 aromatic rings. The van der Waals surface area contributed by atoms with Crippen molar-refractivity contribution in [3.8, 4) is 0 Å². The number of thiol groups is 1. The van der Waals surface area contributed by atoms with Crippen molar-refractivity contribution in [1.29, 1.82) is 0 Å². The second kappa shape index (κ2) is 3.11. The second-order valence-corrected chi connectivity index (χ2v) is 4.36. The SMILES string of the molecule is Cc1sc2ccccc2c1CS. The Bertz CT molecular complexity index is 401. The largest absolute Gasteiger partial charge is 0.174 e. The number of hydrogen-bond acceptors (Lipinski definition) is 2. The Kier molecular flexibility index (Phi) is 2.11. The van der Waals surface area contributed by atoms with E-state index >= 15 is 0 Å². The summed E-state index contributed by atoms with van der Waals surface area (Å²) in [5.74, 6) is 0.843. The van der Waals surface area contributed by atoms with E-state index in [0.717, 1.165) is 5.75 Å². The van der Waals surface area contributed by atoms with Gasteiger partial charge < -0.3 is 0 Å². The molecule has 1 aromatic heterocycles. The van der Waals surface area contributed by atoms with Crippen LogP contribution < -0.4 is 0 Å². The molecule has 0 bridgehead atoms. The highest BCUT2D eigenvalue weighted by molar-refractivity contribution is 7.79. The van der Waals surface area contributed by atoms with Gasteiger partial charge in [-0.3, -0.25) is 0 Å². The topological polar surface area (TPSA) is 0 Å². The zero-order chi connectivity index (χ0) is 8.55. The Morgan fingerprint density at radius 2 is 2.08 bits per heavy atom. The fourth-order valence-electron chi connectivity index (χ4n) is 1.42. The highest BCUT2D eigenvalue weighted by Crippen LogP contribution is 2.31. The van der Waals surface area contributed by atoms with Gasteiger partial charge >= 0.3 is 0 Å². The summed E-state index contributed by atoms with van der Waals surface area (Å²) >= 11 is 6.18. The summed E-state index contributed by atoms with van der Waals surface area (Å²) in [4.78, 5) is 1.39. The van der Waals surface area contributed by atoms with E-state index < -0.39 is 0 Å². The van der Waals surface area contributed by atoms with E-state index in [1.165, 1.54) is 20.5 Å². The van der Waals surface area contributed by atoms with Crippen LogP contribution >= 0.6 is 24.0 Å². The van der Waals surface area contributed by atoms with E-state index in [4.69, 9.17) is 0 Å². The molecule has 2 heteroatoms. The van der Waals surface area contributed by atoms with Crippen molar-refractivity contribution in [2.75, 3.05) is 0 Å². The molecule has 0 N–H and O–H groups in total. The molecule has 0 saturated carbocycles. The van der Waals surface area contributed by atoms with Gasteiger partial charge in [0.15, 0.2) is 0 Å².